The van der Waals surface area contributed by atoms with Crippen molar-refractivity contribution >= 4 is 29.1 Å². The number of likely N-dealkylation sites (tertiary alicyclic amines) is 1. The van der Waals surface area contributed by atoms with Gasteiger partial charge in [0.2, 0.25) is 11.8 Å². The van der Waals surface area contributed by atoms with Crippen LogP contribution >= 0.6 is 0 Å². The standard InChI is InChI=1S/C24H26FN5O3/c1-14(31)22(26)16-7-4-10-27-23(16)28-13-21(32)30-11-5-9-20(30)24(33)29-19-12-17(19)15-6-2-3-8-18(15)25/h2-4,6-8,10,17,19-20,26H,5,9,11-13H2,1H3,(H,27,28)(H,29,33)/t17-,19+,20-/m0/s1. The SMILES string of the molecule is CC(=O)C(=N)c1cccnc1NCC(=O)N1CCC[C@H]1C(=O)N[C@@H]1C[C@H]1c1ccccc1F. The number of carbonyl (C=O) groups excluding carboxylic acids is 3. The Hall–Kier alpha value is -3.62. The second kappa shape index (κ2) is 9.48. The number of halogens is 1. The summed E-state index contributed by atoms with van der Waals surface area (Å²) in [6.07, 6.45) is 3.48. The van der Waals surface area contributed by atoms with E-state index in [2.05, 4.69) is 15.6 Å². The van der Waals surface area contributed by atoms with E-state index in [1.165, 1.54) is 19.2 Å². The fourth-order valence-corrected chi connectivity index (χ4v) is 4.29. The minimum Gasteiger partial charge on any atom is -0.360 e. The lowest BCUT2D eigenvalue weighted by Crippen LogP contribution is -2.48. The van der Waals surface area contributed by atoms with E-state index in [-0.39, 0.29) is 47.7 Å². The zero-order valence-electron chi connectivity index (χ0n) is 18.3. The molecular weight excluding hydrogens is 425 g/mol. The van der Waals surface area contributed by atoms with Gasteiger partial charge in [-0.15, -0.1) is 0 Å². The first-order valence-electron chi connectivity index (χ1n) is 11.0. The van der Waals surface area contributed by atoms with Gasteiger partial charge in [-0.2, -0.15) is 0 Å². The number of Topliss-reactive ketones (excluding diaryl/α,β-unsaturated/α-hetero) is 1. The van der Waals surface area contributed by atoms with Gasteiger partial charge in [0.1, 0.15) is 23.4 Å². The summed E-state index contributed by atoms with van der Waals surface area (Å²) in [5.41, 5.74) is 0.736. The highest BCUT2D eigenvalue weighted by molar-refractivity contribution is 6.45. The van der Waals surface area contributed by atoms with Gasteiger partial charge in [-0.05, 0) is 43.0 Å². The first-order valence-corrected chi connectivity index (χ1v) is 11.0. The quantitative estimate of drug-likeness (QED) is 0.533. The highest BCUT2D eigenvalue weighted by atomic mass is 19.1. The first kappa shape index (κ1) is 22.6. The van der Waals surface area contributed by atoms with Gasteiger partial charge < -0.3 is 15.5 Å². The van der Waals surface area contributed by atoms with Crippen molar-refractivity contribution in [2.75, 3.05) is 18.4 Å². The van der Waals surface area contributed by atoms with Crippen LogP contribution in [0.2, 0.25) is 0 Å². The maximum atomic E-state index is 14.0. The molecule has 8 nitrogen and oxygen atoms in total. The number of nitrogens with one attached hydrogen (secondary N) is 3. The minimum absolute atomic E-state index is 0.0402. The molecule has 9 heteroatoms. The van der Waals surface area contributed by atoms with Gasteiger partial charge in [0, 0.05) is 37.2 Å². The Bertz CT molecular complexity index is 1110. The Morgan fingerprint density at radius 3 is 2.76 bits per heavy atom. The van der Waals surface area contributed by atoms with Crippen molar-refractivity contribution in [2.45, 2.75) is 44.2 Å². The number of rotatable bonds is 8. The number of pyridine rings is 1. The molecule has 1 saturated carbocycles. The van der Waals surface area contributed by atoms with Crippen molar-refractivity contribution in [3.05, 3.63) is 59.5 Å². The summed E-state index contributed by atoms with van der Waals surface area (Å²) in [5, 5.41) is 13.8. The summed E-state index contributed by atoms with van der Waals surface area (Å²) in [7, 11) is 0. The van der Waals surface area contributed by atoms with Gasteiger partial charge in [0.25, 0.3) is 0 Å². The van der Waals surface area contributed by atoms with E-state index in [4.69, 9.17) is 5.41 Å². The van der Waals surface area contributed by atoms with Gasteiger partial charge in [-0.25, -0.2) is 9.37 Å². The van der Waals surface area contributed by atoms with Gasteiger partial charge in [-0.1, -0.05) is 18.2 Å². The van der Waals surface area contributed by atoms with Crippen molar-refractivity contribution in [3.8, 4) is 0 Å². The number of aromatic nitrogens is 1. The smallest absolute Gasteiger partial charge is 0.243 e. The molecule has 0 unspecified atom stereocenters. The van der Waals surface area contributed by atoms with Crippen molar-refractivity contribution in [1.29, 1.82) is 5.41 Å². The van der Waals surface area contributed by atoms with Crippen LogP contribution in [-0.4, -0.2) is 58.4 Å². The molecule has 2 amide bonds. The lowest BCUT2D eigenvalue weighted by atomic mass is 10.1. The molecule has 4 rings (SSSR count). The normalized spacial score (nSPS) is 21.4. The molecule has 1 saturated heterocycles. The molecule has 2 aromatic rings. The molecule has 3 N–H and O–H groups in total. The van der Waals surface area contributed by atoms with Gasteiger partial charge in [0.05, 0.1) is 6.54 Å². The van der Waals surface area contributed by atoms with Crippen LogP contribution < -0.4 is 10.6 Å². The molecule has 2 heterocycles. The summed E-state index contributed by atoms with van der Waals surface area (Å²) in [4.78, 5) is 43.0. The average molecular weight is 452 g/mol. The van der Waals surface area contributed by atoms with Crippen molar-refractivity contribution in [2.24, 2.45) is 0 Å². The van der Waals surface area contributed by atoms with E-state index in [1.54, 1.807) is 35.2 Å². The summed E-state index contributed by atoms with van der Waals surface area (Å²) in [6.45, 7) is 1.66. The third kappa shape index (κ3) is 4.92. The third-order valence-corrected chi connectivity index (χ3v) is 6.13. The van der Waals surface area contributed by atoms with Crippen LogP contribution in [0.4, 0.5) is 10.2 Å². The van der Waals surface area contributed by atoms with Crippen LogP contribution in [0.5, 0.6) is 0 Å². The highest BCUT2D eigenvalue weighted by Crippen LogP contribution is 2.42. The molecule has 0 radical (unpaired) electrons. The van der Waals surface area contributed by atoms with Crippen LogP contribution in [0.25, 0.3) is 0 Å². The molecule has 0 spiro atoms. The topological polar surface area (TPSA) is 115 Å². The molecule has 2 fully saturated rings. The zero-order valence-corrected chi connectivity index (χ0v) is 18.3. The Morgan fingerprint density at radius 2 is 2.00 bits per heavy atom. The Balaban J connectivity index is 1.35. The van der Waals surface area contributed by atoms with Gasteiger partial charge in [0.15, 0.2) is 5.78 Å². The molecule has 2 aliphatic rings. The molecule has 33 heavy (non-hydrogen) atoms. The van der Waals surface area contributed by atoms with E-state index < -0.39 is 11.8 Å². The van der Waals surface area contributed by atoms with Crippen molar-refractivity contribution < 1.29 is 18.8 Å². The largest absolute Gasteiger partial charge is 0.360 e. The summed E-state index contributed by atoms with van der Waals surface area (Å²) in [5.74, 6) is -0.919. The van der Waals surface area contributed by atoms with E-state index in [0.717, 1.165) is 6.42 Å². The number of hydrogen-bond donors (Lipinski definition) is 3. The molecule has 3 atom stereocenters. The molecule has 1 aliphatic carbocycles. The summed E-state index contributed by atoms with van der Waals surface area (Å²) >= 11 is 0. The number of ketones is 1. The Labute approximate surface area is 191 Å². The fraction of sp³-hybridized carbons (Fsp3) is 0.375. The minimum atomic E-state index is -0.570. The molecule has 1 aliphatic heterocycles. The molecule has 1 aromatic carbocycles. The van der Waals surface area contributed by atoms with Crippen LogP contribution in [0.3, 0.4) is 0 Å². The van der Waals surface area contributed by atoms with Crippen LogP contribution in [-0.2, 0) is 14.4 Å². The molecule has 0 bridgehead atoms. The van der Waals surface area contributed by atoms with E-state index in [9.17, 15) is 18.8 Å². The fourth-order valence-electron chi connectivity index (χ4n) is 4.29. The molecular formula is C24H26FN5O3. The van der Waals surface area contributed by atoms with Crippen molar-refractivity contribution in [1.82, 2.24) is 15.2 Å². The predicted molar refractivity (Wildman–Crippen MR) is 121 cm³/mol. The van der Waals surface area contributed by atoms with Crippen LogP contribution in [0, 0.1) is 11.2 Å². The average Bonchev–Trinajstić information content (AvgIpc) is 3.37. The monoisotopic (exact) mass is 451 g/mol. The van der Waals surface area contributed by atoms with Crippen molar-refractivity contribution in [3.63, 3.8) is 0 Å². The number of carbonyl (C=O) groups is 3. The van der Waals surface area contributed by atoms with Gasteiger partial charge in [-0.3, -0.25) is 19.8 Å². The molecule has 172 valence electrons. The van der Waals surface area contributed by atoms with Gasteiger partial charge >= 0.3 is 0 Å². The lowest BCUT2D eigenvalue weighted by molar-refractivity contribution is -0.137. The Kier molecular flexibility index (Phi) is 6.48. The van der Waals surface area contributed by atoms with Crippen LogP contribution in [0.15, 0.2) is 42.6 Å². The maximum Gasteiger partial charge on any atom is 0.243 e. The summed E-state index contributed by atoms with van der Waals surface area (Å²) < 4.78 is 14.0. The van der Waals surface area contributed by atoms with E-state index in [0.29, 0.717) is 30.5 Å². The lowest BCUT2D eigenvalue weighted by Gasteiger charge is -2.24. The number of nitrogens with zero attached hydrogens (tertiary/aromatic N) is 2. The number of hydrogen-bond acceptors (Lipinski definition) is 6. The van der Waals surface area contributed by atoms with E-state index in [1.807, 2.05) is 0 Å². The third-order valence-electron chi connectivity index (χ3n) is 6.13. The van der Waals surface area contributed by atoms with E-state index >= 15 is 0 Å². The first-order chi connectivity index (χ1) is 15.9. The highest BCUT2D eigenvalue weighted by Gasteiger charge is 2.43. The number of benzene rings is 1. The summed E-state index contributed by atoms with van der Waals surface area (Å²) in [6, 6.07) is 9.10. The molecule has 1 aromatic heterocycles. The maximum absolute atomic E-state index is 14.0. The van der Waals surface area contributed by atoms with Crippen LogP contribution in [0.1, 0.15) is 43.2 Å². The Morgan fingerprint density at radius 1 is 1.21 bits per heavy atom. The predicted octanol–water partition coefficient (Wildman–Crippen LogP) is 2.25. The number of amides is 2. The number of anilines is 1. The second-order valence-corrected chi connectivity index (χ2v) is 8.41. The zero-order chi connectivity index (χ0) is 23.5. The second-order valence-electron chi connectivity index (χ2n) is 8.41.